The molecule has 10 aromatic rings. The summed E-state index contributed by atoms with van der Waals surface area (Å²) < 4.78 is 8.82. The van der Waals surface area contributed by atoms with Crippen molar-refractivity contribution in [2.24, 2.45) is 0 Å². The van der Waals surface area contributed by atoms with Gasteiger partial charge in [0.25, 0.3) is 0 Å². The van der Waals surface area contributed by atoms with Gasteiger partial charge >= 0.3 is 0 Å². The second-order valence-corrected chi connectivity index (χ2v) is 15.5. The fourth-order valence-corrected chi connectivity index (χ4v) is 9.54. The topological polar surface area (TPSA) is 21.3 Å². The lowest BCUT2D eigenvalue weighted by atomic mass is 9.98. The van der Waals surface area contributed by atoms with Gasteiger partial charge in [0.2, 0.25) is 0 Å². The highest BCUT2D eigenvalue weighted by molar-refractivity contribution is 7.16. The van der Waals surface area contributed by atoms with E-state index in [4.69, 9.17) is 4.42 Å². The molecule has 0 saturated heterocycles. The van der Waals surface area contributed by atoms with E-state index in [0.717, 1.165) is 56.5 Å². The minimum Gasteiger partial charge on any atom is -0.455 e. The quantitative estimate of drug-likeness (QED) is 0.162. The van der Waals surface area contributed by atoms with E-state index in [0.29, 0.717) is 0 Å². The van der Waals surface area contributed by atoms with Crippen molar-refractivity contribution in [2.75, 3.05) is 4.90 Å². The van der Waals surface area contributed by atoms with Crippen LogP contribution in [0.2, 0.25) is 0 Å². The van der Waals surface area contributed by atoms with E-state index in [2.05, 4.69) is 198 Å². The Labute approximate surface area is 329 Å². The van der Waals surface area contributed by atoms with Crippen LogP contribution in [-0.2, 0) is 0 Å². The van der Waals surface area contributed by atoms with Crippen LogP contribution in [0.25, 0.3) is 76.6 Å². The highest BCUT2D eigenvalue weighted by atomic mass is 32.1. The third-order valence-electron chi connectivity index (χ3n) is 11.2. The van der Waals surface area contributed by atoms with Crippen molar-refractivity contribution in [3.05, 3.63) is 205 Å². The number of aromatic nitrogens is 1. The van der Waals surface area contributed by atoms with Crippen LogP contribution in [0, 0.1) is 0 Å². The Bertz CT molecular complexity index is 3110. The molecule has 0 radical (unpaired) electrons. The maximum Gasteiger partial charge on any atom is 0.143 e. The van der Waals surface area contributed by atoms with Gasteiger partial charge in [0.1, 0.15) is 11.2 Å². The molecule has 3 nitrogen and oxygen atoms in total. The Morgan fingerprint density at radius 1 is 0.536 bits per heavy atom. The molecular formula is C52H36N2OS. The summed E-state index contributed by atoms with van der Waals surface area (Å²) in [5, 5.41) is 4.77. The summed E-state index contributed by atoms with van der Waals surface area (Å²) in [7, 11) is 0. The van der Waals surface area contributed by atoms with Crippen LogP contribution in [0.4, 0.5) is 11.4 Å². The normalized spacial score (nSPS) is 14.2. The van der Waals surface area contributed by atoms with Crippen LogP contribution in [0.1, 0.15) is 11.3 Å². The summed E-state index contributed by atoms with van der Waals surface area (Å²) in [5.74, 6) is 0. The van der Waals surface area contributed by atoms with E-state index in [1.807, 2.05) is 23.5 Å². The molecular weight excluding hydrogens is 701 g/mol. The number of para-hydroxylation sites is 4. The lowest BCUT2D eigenvalue weighted by molar-refractivity contribution is 0.670. The molecule has 266 valence electrons. The number of nitrogens with zero attached hydrogens (tertiary/aromatic N) is 2. The SMILES string of the molecule is C1=CC(N(c2ccc(-c3cccc4c3oc3ccccc34)cc2)c2ccc3c(c2)c2ccccc2n3-c2ccccc2)CC=C1c1ccc(-c2ccccc2)s1. The van der Waals surface area contributed by atoms with Crippen molar-refractivity contribution in [2.45, 2.75) is 12.5 Å². The molecule has 1 atom stereocenters. The third kappa shape index (κ3) is 5.49. The molecule has 4 heteroatoms. The van der Waals surface area contributed by atoms with Gasteiger partial charge in [-0.3, -0.25) is 0 Å². The van der Waals surface area contributed by atoms with Crippen molar-refractivity contribution in [3.8, 4) is 27.3 Å². The molecule has 3 aromatic heterocycles. The Balaban J connectivity index is 1.01. The van der Waals surface area contributed by atoms with E-state index in [-0.39, 0.29) is 6.04 Å². The number of furan rings is 1. The lowest BCUT2D eigenvalue weighted by Gasteiger charge is -2.33. The number of allylic oxidation sites excluding steroid dienone is 2. The Kier molecular flexibility index (Phi) is 7.82. The van der Waals surface area contributed by atoms with E-state index in [1.54, 1.807) is 0 Å². The van der Waals surface area contributed by atoms with Crippen LogP contribution in [-0.4, -0.2) is 10.6 Å². The summed E-state index contributed by atoms with van der Waals surface area (Å²) in [5.41, 5.74) is 12.5. The number of anilines is 2. The number of rotatable bonds is 7. The monoisotopic (exact) mass is 736 g/mol. The zero-order chi connectivity index (χ0) is 37.0. The van der Waals surface area contributed by atoms with Crippen molar-refractivity contribution in [1.82, 2.24) is 4.57 Å². The zero-order valence-corrected chi connectivity index (χ0v) is 31.4. The minimum absolute atomic E-state index is 0.122. The van der Waals surface area contributed by atoms with Crippen LogP contribution < -0.4 is 4.90 Å². The number of hydrogen-bond acceptors (Lipinski definition) is 3. The van der Waals surface area contributed by atoms with E-state index in [9.17, 15) is 0 Å². The second kappa shape index (κ2) is 13.5. The molecule has 0 fully saturated rings. The molecule has 7 aromatic carbocycles. The predicted molar refractivity (Wildman–Crippen MR) is 237 cm³/mol. The van der Waals surface area contributed by atoms with Gasteiger partial charge in [0, 0.05) is 53.9 Å². The molecule has 0 aliphatic heterocycles. The molecule has 0 N–H and O–H groups in total. The van der Waals surface area contributed by atoms with Crippen LogP contribution >= 0.6 is 11.3 Å². The molecule has 3 heterocycles. The Hall–Kier alpha value is -6.88. The average molecular weight is 737 g/mol. The van der Waals surface area contributed by atoms with Crippen LogP contribution in [0.5, 0.6) is 0 Å². The largest absolute Gasteiger partial charge is 0.455 e. The van der Waals surface area contributed by atoms with Crippen molar-refractivity contribution < 1.29 is 4.42 Å². The molecule has 1 aliphatic carbocycles. The van der Waals surface area contributed by atoms with Gasteiger partial charge in [0.05, 0.1) is 17.1 Å². The maximum absolute atomic E-state index is 6.44. The smallest absolute Gasteiger partial charge is 0.143 e. The zero-order valence-electron chi connectivity index (χ0n) is 30.5. The van der Waals surface area contributed by atoms with Gasteiger partial charge < -0.3 is 13.9 Å². The highest BCUT2D eigenvalue weighted by Crippen LogP contribution is 2.41. The minimum atomic E-state index is 0.122. The number of benzene rings is 7. The summed E-state index contributed by atoms with van der Waals surface area (Å²) >= 11 is 1.86. The highest BCUT2D eigenvalue weighted by Gasteiger charge is 2.23. The Morgan fingerprint density at radius 3 is 2.05 bits per heavy atom. The van der Waals surface area contributed by atoms with Gasteiger partial charge in [-0.05, 0) is 89.9 Å². The number of fused-ring (bicyclic) bond motifs is 6. The van der Waals surface area contributed by atoms with E-state index in [1.165, 1.54) is 42.7 Å². The molecule has 11 rings (SSSR count). The van der Waals surface area contributed by atoms with Crippen LogP contribution in [0.15, 0.2) is 205 Å². The summed E-state index contributed by atoms with van der Waals surface area (Å²) in [6, 6.07) is 65.5. The summed E-state index contributed by atoms with van der Waals surface area (Å²) in [6.07, 6.45) is 8.00. The molecule has 0 spiro atoms. The van der Waals surface area contributed by atoms with Gasteiger partial charge in [-0.15, -0.1) is 11.3 Å². The predicted octanol–water partition coefficient (Wildman–Crippen LogP) is 14.6. The van der Waals surface area contributed by atoms with Gasteiger partial charge in [-0.1, -0.05) is 133 Å². The molecule has 0 saturated carbocycles. The molecule has 56 heavy (non-hydrogen) atoms. The van der Waals surface area contributed by atoms with Gasteiger partial charge in [0.15, 0.2) is 0 Å². The molecule has 0 amide bonds. The molecule has 0 bridgehead atoms. The fraction of sp³-hybridized carbons (Fsp3) is 0.0385. The summed E-state index contributed by atoms with van der Waals surface area (Å²) in [6.45, 7) is 0. The van der Waals surface area contributed by atoms with Gasteiger partial charge in [-0.25, -0.2) is 0 Å². The van der Waals surface area contributed by atoms with Crippen molar-refractivity contribution in [1.29, 1.82) is 0 Å². The standard InChI is InChI=1S/C52H36N2OS/c1-3-12-36(13-4-1)50-32-33-51(56-50)37-24-28-40(29-25-37)53(39-26-22-35(23-27-39)42-18-11-19-45-44-17-8-10-21-49(44)55-52(42)45)41-30-31-48-46(34-41)43-16-7-9-20-47(43)54(48)38-14-5-2-6-15-38/h1-28,30-34,40H,29H2. The van der Waals surface area contributed by atoms with Crippen molar-refractivity contribution in [3.63, 3.8) is 0 Å². The maximum atomic E-state index is 6.44. The third-order valence-corrected chi connectivity index (χ3v) is 12.4. The number of thiophene rings is 1. The van der Waals surface area contributed by atoms with Crippen molar-refractivity contribution >= 4 is 72.0 Å². The first-order valence-electron chi connectivity index (χ1n) is 19.2. The first-order valence-corrected chi connectivity index (χ1v) is 20.0. The summed E-state index contributed by atoms with van der Waals surface area (Å²) in [4.78, 5) is 5.09. The lowest BCUT2D eigenvalue weighted by Crippen LogP contribution is -2.30. The first kappa shape index (κ1) is 32.5. The second-order valence-electron chi connectivity index (χ2n) is 14.4. The van der Waals surface area contributed by atoms with E-state index < -0.39 is 0 Å². The van der Waals surface area contributed by atoms with Crippen LogP contribution in [0.3, 0.4) is 0 Å². The first-order chi connectivity index (χ1) is 27.8. The molecule has 1 unspecified atom stereocenters. The van der Waals surface area contributed by atoms with Gasteiger partial charge in [-0.2, -0.15) is 0 Å². The number of hydrogen-bond donors (Lipinski definition) is 0. The molecule has 1 aliphatic rings. The van der Waals surface area contributed by atoms with E-state index >= 15 is 0 Å². The Morgan fingerprint density at radius 2 is 1.23 bits per heavy atom. The fourth-order valence-electron chi connectivity index (χ4n) is 8.51. The average Bonchev–Trinajstić information content (AvgIpc) is 4.00.